The molecule has 0 unspecified atom stereocenters. The third kappa shape index (κ3) is 2.13. The topological polar surface area (TPSA) is 20.3 Å². The van der Waals surface area contributed by atoms with Gasteiger partial charge >= 0.3 is 0 Å². The number of nitrogens with zero attached hydrogens (tertiary/aromatic N) is 1. The Morgan fingerprint density at radius 2 is 1.68 bits per heavy atom. The van der Waals surface area contributed by atoms with Crippen LogP contribution in [0.3, 0.4) is 0 Å². The van der Waals surface area contributed by atoms with Crippen molar-refractivity contribution in [2.75, 3.05) is 0 Å². The summed E-state index contributed by atoms with van der Waals surface area (Å²) in [5.41, 5.74) is 4.01. The molecule has 0 aromatic heterocycles. The van der Waals surface area contributed by atoms with Gasteiger partial charge in [-0.05, 0) is 35.7 Å². The third-order valence-corrected chi connectivity index (χ3v) is 4.04. The van der Waals surface area contributed by atoms with Crippen molar-refractivity contribution in [1.29, 1.82) is 0 Å². The minimum absolute atomic E-state index is 0.0520. The van der Waals surface area contributed by atoms with Crippen molar-refractivity contribution >= 4 is 17.5 Å². The van der Waals surface area contributed by atoms with Crippen LogP contribution in [0.4, 0.5) is 0 Å². The van der Waals surface area contributed by atoms with Gasteiger partial charge in [0.05, 0.1) is 0 Å². The van der Waals surface area contributed by atoms with Crippen molar-refractivity contribution in [2.24, 2.45) is 0 Å². The van der Waals surface area contributed by atoms with Gasteiger partial charge in [-0.3, -0.25) is 4.79 Å². The van der Waals surface area contributed by atoms with Crippen LogP contribution in [0, 0.1) is 6.92 Å². The maximum absolute atomic E-state index is 12.6. The molecular weight excluding hydrogens is 258 g/mol. The van der Waals surface area contributed by atoms with Crippen LogP contribution in [0.2, 0.25) is 5.02 Å². The van der Waals surface area contributed by atoms with Crippen LogP contribution in [0.1, 0.15) is 27.0 Å². The molecule has 0 saturated heterocycles. The summed E-state index contributed by atoms with van der Waals surface area (Å²) in [4.78, 5) is 14.4. The molecule has 0 radical (unpaired) electrons. The lowest BCUT2D eigenvalue weighted by molar-refractivity contribution is 0.0750. The van der Waals surface area contributed by atoms with Crippen LogP contribution in [-0.2, 0) is 13.1 Å². The Balaban J connectivity index is 1.89. The first-order valence-electron chi connectivity index (χ1n) is 6.28. The van der Waals surface area contributed by atoms with Crippen molar-refractivity contribution in [3.05, 3.63) is 69.7 Å². The number of carbonyl (C=O) groups is 1. The Labute approximate surface area is 117 Å². The third-order valence-electron chi connectivity index (χ3n) is 3.63. The van der Waals surface area contributed by atoms with E-state index in [4.69, 9.17) is 11.6 Å². The van der Waals surface area contributed by atoms with E-state index < -0.39 is 0 Å². The monoisotopic (exact) mass is 271 g/mol. The summed E-state index contributed by atoms with van der Waals surface area (Å²) in [6, 6.07) is 13.7. The molecule has 0 spiro atoms. The number of fused-ring (bicyclic) bond motifs is 1. The molecule has 2 aromatic carbocycles. The Hall–Kier alpha value is -1.80. The molecule has 0 saturated carbocycles. The molecule has 96 valence electrons. The van der Waals surface area contributed by atoms with E-state index in [0.717, 1.165) is 5.56 Å². The van der Waals surface area contributed by atoms with Crippen LogP contribution < -0.4 is 0 Å². The number of amides is 1. The minimum atomic E-state index is 0.0520. The van der Waals surface area contributed by atoms with Crippen LogP contribution in [0.25, 0.3) is 0 Å². The number of rotatable bonds is 1. The van der Waals surface area contributed by atoms with E-state index in [0.29, 0.717) is 23.7 Å². The lowest BCUT2D eigenvalue weighted by Crippen LogP contribution is -2.26. The zero-order chi connectivity index (χ0) is 13.4. The number of carbonyl (C=O) groups excluding carboxylic acids is 1. The second-order valence-corrected chi connectivity index (χ2v) is 5.25. The fraction of sp³-hybridized carbons (Fsp3) is 0.188. The summed E-state index contributed by atoms with van der Waals surface area (Å²) < 4.78 is 0. The van der Waals surface area contributed by atoms with E-state index in [-0.39, 0.29) is 5.91 Å². The maximum Gasteiger partial charge on any atom is 0.254 e. The average Bonchev–Trinajstić information content (AvgIpc) is 2.85. The SMILES string of the molecule is Cc1c(Cl)cccc1C(=O)N1Cc2ccccc2C1. The van der Waals surface area contributed by atoms with Gasteiger partial charge < -0.3 is 4.90 Å². The smallest absolute Gasteiger partial charge is 0.254 e. The van der Waals surface area contributed by atoms with Crippen molar-refractivity contribution in [3.8, 4) is 0 Å². The molecule has 0 bridgehead atoms. The first-order valence-corrected chi connectivity index (χ1v) is 6.66. The van der Waals surface area contributed by atoms with E-state index in [2.05, 4.69) is 12.1 Å². The Kier molecular flexibility index (Phi) is 3.03. The molecular formula is C16H14ClNO. The van der Waals surface area contributed by atoms with E-state index in [1.807, 2.05) is 42.2 Å². The Morgan fingerprint density at radius 3 is 2.32 bits per heavy atom. The van der Waals surface area contributed by atoms with Crippen LogP contribution in [-0.4, -0.2) is 10.8 Å². The van der Waals surface area contributed by atoms with Crippen LogP contribution >= 0.6 is 11.6 Å². The minimum Gasteiger partial charge on any atom is -0.330 e. The second kappa shape index (κ2) is 4.71. The molecule has 0 fully saturated rings. The van der Waals surface area contributed by atoms with E-state index in [1.165, 1.54) is 11.1 Å². The molecule has 19 heavy (non-hydrogen) atoms. The molecule has 1 amide bonds. The van der Waals surface area contributed by atoms with Crippen molar-refractivity contribution in [2.45, 2.75) is 20.0 Å². The molecule has 1 heterocycles. The quantitative estimate of drug-likeness (QED) is 0.772. The second-order valence-electron chi connectivity index (χ2n) is 4.84. The standard InChI is InChI=1S/C16H14ClNO/c1-11-14(7-4-8-15(11)17)16(19)18-9-12-5-2-3-6-13(12)10-18/h2-8H,9-10H2,1H3. The molecule has 0 N–H and O–H groups in total. The van der Waals surface area contributed by atoms with Gasteiger partial charge in [0.15, 0.2) is 0 Å². The largest absolute Gasteiger partial charge is 0.330 e. The molecule has 0 atom stereocenters. The predicted octanol–water partition coefficient (Wildman–Crippen LogP) is 3.80. The van der Waals surface area contributed by atoms with Crippen molar-refractivity contribution < 1.29 is 4.79 Å². The van der Waals surface area contributed by atoms with Crippen molar-refractivity contribution in [1.82, 2.24) is 4.90 Å². The summed E-state index contributed by atoms with van der Waals surface area (Å²) in [6.45, 7) is 3.25. The Bertz CT molecular complexity index is 626. The van der Waals surface area contributed by atoms with E-state index >= 15 is 0 Å². The van der Waals surface area contributed by atoms with Gasteiger partial charge in [0.1, 0.15) is 0 Å². The van der Waals surface area contributed by atoms with E-state index in [1.54, 1.807) is 0 Å². The summed E-state index contributed by atoms with van der Waals surface area (Å²) >= 11 is 6.08. The fourth-order valence-electron chi connectivity index (χ4n) is 2.49. The molecule has 2 nitrogen and oxygen atoms in total. The maximum atomic E-state index is 12.6. The zero-order valence-electron chi connectivity index (χ0n) is 10.7. The molecule has 1 aliphatic rings. The molecule has 1 aliphatic heterocycles. The van der Waals surface area contributed by atoms with Crippen LogP contribution in [0.5, 0.6) is 0 Å². The fourth-order valence-corrected chi connectivity index (χ4v) is 2.66. The normalized spacial score (nSPS) is 13.5. The summed E-state index contributed by atoms with van der Waals surface area (Å²) in [7, 11) is 0. The van der Waals surface area contributed by atoms with Gasteiger partial charge in [-0.15, -0.1) is 0 Å². The number of benzene rings is 2. The highest BCUT2D eigenvalue weighted by molar-refractivity contribution is 6.31. The summed E-state index contributed by atoms with van der Waals surface area (Å²) in [5, 5.41) is 0.641. The van der Waals surface area contributed by atoms with Gasteiger partial charge in [0, 0.05) is 23.7 Å². The molecule has 0 aliphatic carbocycles. The van der Waals surface area contributed by atoms with Gasteiger partial charge in [-0.25, -0.2) is 0 Å². The van der Waals surface area contributed by atoms with Gasteiger partial charge in [0.2, 0.25) is 0 Å². The predicted molar refractivity (Wildman–Crippen MR) is 76.2 cm³/mol. The highest BCUT2D eigenvalue weighted by Crippen LogP contribution is 2.26. The van der Waals surface area contributed by atoms with Crippen molar-refractivity contribution in [3.63, 3.8) is 0 Å². The van der Waals surface area contributed by atoms with Gasteiger partial charge in [-0.1, -0.05) is 41.9 Å². The molecule has 2 aromatic rings. The van der Waals surface area contributed by atoms with Crippen LogP contribution in [0.15, 0.2) is 42.5 Å². The number of hydrogen-bond donors (Lipinski definition) is 0. The molecule has 3 rings (SSSR count). The number of halogens is 1. The first kappa shape index (κ1) is 12.2. The number of hydrogen-bond acceptors (Lipinski definition) is 1. The first-order chi connectivity index (χ1) is 9.16. The molecule has 3 heteroatoms. The highest BCUT2D eigenvalue weighted by Gasteiger charge is 2.25. The lowest BCUT2D eigenvalue weighted by Gasteiger charge is -2.17. The highest BCUT2D eigenvalue weighted by atomic mass is 35.5. The average molecular weight is 272 g/mol. The lowest BCUT2D eigenvalue weighted by atomic mass is 10.1. The van der Waals surface area contributed by atoms with E-state index in [9.17, 15) is 4.79 Å². The Morgan fingerprint density at radius 1 is 1.05 bits per heavy atom. The summed E-state index contributed by atoms with van der Waals surface area (Å²) in [6.07, 6.45) is 0. The van der Waals surface area contributed by atoms with Gasteiger partial charge in [-0.2, -0.15) is 0 Å². The van der Waals surface area contributed by atoms with Gasteiger partial charge in [0.25, 0.3) is 5.91 Å². The summed E-state index contributed by atoms with van der Waals surface area (Å²) in [5.74, 6) is 0.0520. The zero-order valence-corrected chi connectivity index (χ0v) is 11.4.